The Hall–Kier alpha value is -2.98. The summed E-state index contributed by atoms with van der Waals surface area (Å²) in [5, 5.41) is 22.3. The Morgan fingerprint density at radius 1 is 1.14 bits per heavy atom. The summed E-state index contributed by atoms with van der Waals surface area (Å²) in [6, 6.07) is 12.1. The van der Waals surface area contributed by atoms with Crippen molar-refractivity contribution < 1.29 is 37.7 Å². The molecular formula is C18H19F3N2O5. The summed E-state index contributed by atoms with van der Waals surface area (Å²) in [5.41, 5.74) is 5.82. The van der Waals surface area contributed by atoms with Crippen LogP contribution in [0, 0.1) is 0 Å². The molecular weight excluding hydrogens is 381 g/mol. The maximum atomic E-state index is 12.4. The maximum absolute atomic E-state index is 12.4. The van der Waals surface area contributed by atoms with Gasteiger partial charge in [-0.05, 0) is 23.3 Å². The molecule has 2 aromatic carbocycles. The van der Waals surface area contributed by atoms with Gasteiger partial charge in [-0.15, -0.1) is 13.2 Å². The van der Waals surface area contributed by atoms with Crippen LogP contribution in [0.2, 0.25) is 0 Å². The number of carbonyl (C=O) groups is 1. The van der Waals surface area contributed by atoms with E-state index in [1.54, 1.807) is 24.3 Å². The fourth-order valence-corrected chi connectivity index (χ4v) is 2.24. The number of nitrogen functional groups attached to an aromatic ring is 1. The van der Waals surface area contributed by atoms with Crippen molar-refractivity contribution in [3.05, 3.63) is 59.7 Å². The number of carbonyl (C=O) groups excluding carboxylic acids is 1. The van der Waals surface area contributed by atoms with Crippen LogP contribution in [-0.2, 0) is 11.3 Å². The molecule has 0 heterocycles. The SMILES string of the molecule is Nc1ccc(C(O)C(O)CNC(=O)OCc2ccccc2)cc1OC(F)(F)F. The molecule has 10 heteroatoms. The quantitative estimate of drug-likeness (QED) is 0.531. The molecule has 2 rings (SSSR count). The Kier molecular flexibility index (Phi) is 7.07. The highest BCUT2D eigenvalue weighted by molar-refractivity contribution is 5.67. The lowest BCUT2D eigenvalue weighted by molar-refractivity contribution is -0.274. The molecule has 0 aliphatic heterocycles. The molecule has 1 amide bonds. The van der Waals surface area contributed by atoms with Crippen molar-refractivity contribution in [1.82, 2.24) is 5.32 Å². The van der Waals surface area contributed by atoms with E-state index in [1.165, 1.54) is 6.07 Å². The number of alkyl carbamates (subject to hydrolysis) is 1. The molecule has 5 N–H and O–H groups in total. The number of benzene rings is 2. The van der Waals surface area contributed by atoms with Gasteiger partial charge in [0, 0.05) is 6.54 Å². The minimum atomic E-state index is -4.96. The van der Waals surface area contributed by atoms with E-state index in [0.29, 0.717) is 0 Å². The number of ether oxygens (including phenoxy) is 2. The fourth-order valence-electron chi connectivity index (χ4n) is 2.24. The van der Waals surface area contributed by atoms with E-state index in [9.17, 15) is 28.2 Å². The highest BCUT2D eigenvalue weighted by Gasteiger charge is 2.32. The van der Waals surface area contributed by atoms with Gasteiger partial charge in [-0.25, -0.2) is 4.79 Å². The van der Waals surface area contributed by atoms with Gasteiger partial charge >= 0.3 is 12.5 Å². The lowest BCUT2D eigenvalue weighted by Gasteiger charge is -2.20. The Labute approximate surface area is 158 Å². The van der Waals surface area contributed by atoms with E-state index in [-0.39, 0.29) is 17.9 Å². The number of aliphatic hydroxyl groups excluding tert-OH is 2. The molecule has 152 valence electrons. The molecule has 0 aromatic heterocycles. The van der Waals surface area contributed by atoms with Crippen LogP contribution in [0.3, 0.4) is 0 Å². The average molecular weight is 400 g/mol. The molecule has 0 fully saturated rings. The van der Waals surface area contributed by atoms with E-state index in [4.69, 9.17) is 10.5 Å². The zero-order valence-electron chi connectivity index (χ0n) is 14.5. The third-order valence-corrected chi connectivity index (χ3v) is 3.64. The second-order valence-electron chi connectivity index (χ2n) is 5.80. The number of hydrogen-bond acceptors (Lipinski definition) is 6. The molecule has 0 bridgehead atoms. The van der Waals surface area contributed by atoms with Gasteiger partial charge in [-0.2, -0.15) is 0 Å². The van der Waals surface area contributed by atoms with Crippen molar-refractivity contribution in [2.75, 3.05) is 12.3 Å². The van der Waals surface area contributed by atoms with Crippen LogP contribution in [0.25, 0.3) is 0 Å². The van der Waals surface area contributed by atoms with E-state index >= 15 is 0 Å². The van der Waals surface area contributed by atoms with Gasteiger partial charge in [0.05, 0.1) is 5.69 Å². The predicted molar refractivity (Wildman–Crippen MR) is 93.1 cm³/mol. The van der Waals surface area contributed by atoms with Gasteiger partial charge in [0.1, 0.15) is 18.8 Å². The van der Waals surface area contributed by atoms with Gasteiger partial charge in [-0.1, -0.05) is 36.4 Å². The third kappa shape index (κ3) is 6.63. The van der Waals surface area contributed by atoms with Crippen LogP contribution in [-0.4, -0.2) is 35.3 Å². The molecule has 2 aromatic rings. The molecule has 7 nitrogen and oxygen atoms in total. The fraction of sp³-hybridized carbons (Fsp3) is 0.278. The largest absolute Gasteiger partial charge is 0.573 e. The average Bonchev–Trinajstić information content (AvgIpc) is 2.65. The number of nitrogens with one attached hydrogen (secondary N) is 1. The third-order valence-electron chi connectivity index (χ3n) is 3.64. The minimum Gasteiger partial charge on any atom is -0.445 e. The molecule has 0 saturated carbocycles. The van der Waals surface area contributed by atoms with Crippen LogP contribution in [0.15, 0.2) is 48.5 Å². The molecule has 0 radical (unpaired) electrons. The zero-order valence-corrected chi connectivity index (χ0v) is 14.5. The van der Waals surface area contributed by atoms with Crippen molar-refractivity contribution in [2.24, 2.45) is 0 Å². The number of amides is 1. The van der Waals surface area contributed by atoms with Crippen molar-refractivity contribution in [3.63, 3.8) is 0 Å². The van der Waals surface area contributed by atoms with Crippen LogP contribution >= 0.6 is 0 Å². The molecule has 2 atom stereocenters. The maximum Gasteiger partial charge on any atom is 0.573 e. The number of aliphatic hydroxyl groups is 2. The van der Waals surface area contributed by atoms with Crippen molar-refractivity contribution in [2.45, 2.75) is 25.2 Å². The Bertz CT molecular complexity index is 787. The highest BCUT2D eigenvalue weighted by atomic mass is 19.4. The standard InChI is InChI=1S/C18H19F3N2O5/c19-18(20,21)28-15-8-12(6-7-13(15)22)16(25)14(24)9-23-17(26)27-10-11-4-2-1-3-5-11/h1-8,14,16,24-25H,9-10,22H2,(H,23,26). The Morgan fingerprint density at radius 2 is 1.82 bits per heavy atom. The summed E-state index contributed by atoms with van der Waals surface area (Å²) in [6.07, 6.45) is -8.88. The number of hydrogen-bond donors (Lipinski definition) is 4. The Morgan fingerprint density at radius 3 is 2.46 bits per heavy atom. The Balaban J connectivity index is 1.88. The molecule has 28 heavy (non-hydrogen) atoms. The monoisotopic (exact) mass is 400 g/mol. The topological polar surface area (TPSA) is 114 Å². The molecule has 0 spiro atoms. The highest BCUT2D eigenvalue weighted by Crippen LogP contribution is 2.31. The first-order valence-corrected chi connectivity index (χ1v) is 8.11. The van der Waals surface area contributed by atoms with Gasteiger partial charge in [-0.3, -0.25) is 0 Å². The summed E-state index contributed by atoms with van der Waals surface area (Å²) in [6.45, 7) is -0.379. The predicted octanol–water partition coefficient (Wildman–Crippen LogP) is 2.49. The molecule has 2 unspecified atom stereocenters. The molecule has 0 aliphatic carbocycles. The number of halogens is 3. The second kappa shape index (κ2) is 9.29. The number of rotatable bonds is 7. The smallest absolute Gasteiger partial charge is 0.445 e. The second-order valence-corrected chi connectivity index (χ2v) is 5.80. The van der Waals surface area contributed by atoms with Crippen LogP contribution < -0.4 is 15.8 Å². The summed E-state index contributed by atoms with van der Waals surface area (Å²) in [4.78, 5) is 11.6. The molecule has 0 aliphatic rings. The summed E-state index contributed by atoms with van der Waals surface area (Å²) in [5.74, 6) is -0.702. The van der Waals surface area contributed by atoms with E-state index in [1.807, 2.05) is 6.07 Å². The van der Waals surface area contributed by atoms with Gasteiger partial charge in [0.2, 0.25) is 0 Å². The van der Waals surface area contributed by atoms with Crippen LogP contribution in [0.1, 0.15) is 17.2 Å². The van der Waals surface area contributed by atoms with Gasteiger partial charge < -0.3 is 30.7 Å². The van der Waals surface area contributed by atoms with E-state index in [2.05, 4.69) is 10.1 Å². The summed E-state index contributed by atoms with van der Waals surface area (Å²) >= 11 is 0. The van der Waals surface area contributed by atoms with Crippen LogP contribution in [0.4, 0.5) is 23.7 Å². The normalized spacial score (nSPS) is 13.5. The first kappa shape index (κ1) is 21.3. The van der Waals surface area contributed by atoms with Crippen LogP contribution in [0.5, 0.6) is 5.75 Å². The lowest BCUT2D eigenvalue weighted by Crippen LogP contribution is -2.35. The van der Waals surface area contributed by atoms with E-state index < -0.39 is 37.0 Å². The zero-order chi connectivity index (χ0) is 20.7. The van der Waals surface area contributed by atoms with Gasteiger partial charge in [0.25, 0.3) is 0 Å². The van der Waals surface area contributed by atoms with Gasteiger partial charge in [0.15, 0.2) is 5.75 Å². The summed E-state index contributed by atoms with van der Waals surface area (Å²) < 4.78 is 45.8. The number of anilines is 1. The first-order chi connectivity index (χ1) is 13.2. The molecule has 0 saturated heterocycles. The first-order valence-electron chi connectivity index (χ1n) is 8.11. The van der Waals surface area contributed by atoms with E-state index in [0.717, 1.165) is 17.7 Å². The summed E-state index contributed by atoms with van der Waals surface area (Å²) in [7, 11) is 0. The lowest BCUT2D eigenvalue weighted by atomic mass is 10.0. The minimum absolute atomic E-state index is 0.0153. The van der Waals surface area contributed by atoms with Crippen molar-refractivity contribution in [1.29, 1.82) is 0 Å². The number of nitrogens with two attached hydrogens (primary N) is 1. The van der Waals surface area contributed by atoms with Crippen molar-refractivity contribution >= 4 is 11.8 Å². The number of alkyl halides is 3. The van der Waals surface area contributed by atoms with Crippen molar-refractivity contribution in [3.8, 4) is 5.75 Å².